The lowest BCUT2D eigenvalue weighted by Gasteiger charge is -2.20. The highest BCUT2D eigenvalue weighted by Crippen LogP contribution is 2.39. The summed E-state index contributed by atoms with van der Waals surface area (Å²) in [5.74, 6) is -1.41. The van der Waals surface area contributed by atoms with Crippen LogP contribution >= 0.6 is 34.5 Å². The van der Waals surface area contributed by atoms with Crippen LogP contribution in [0.5, 0.6) is 0 Å². The molecular weight excluding hydrogens is 395 g/mol. The SMILES string of the molecule is O=C(O)C[C@H]1c2ccccc2C[C@@H]1NC(=O)c1cc2sc(Cl)c(Cl)c2[nH]1. The smallest absolute Gasteiger partial charge is 0.304 e. The fourth-order valence-corrected chi connectivity index (χ4v) is 5.04. The van der Waals surface area contributed by atoms with Crippen LogP contribution in [0, 0.1) is 0 Å². The zero-order valence-corrected chi connectivity index (χ0v) is 15.7. The summed E-state index contributed by atoms with van der Waals surface area (Å²) in [5.41, 5.74) is 3.09. The number of benzene rings is 1. The Hall–Kier alpha value is -2.02. The van der Waals surface area contributed by atoms with Crippen LogP contribution < -0.4 is 5.32 Å². The Kier molecular flexibility index (Phi) is 4.42. The van der Waals surface area contributed by atoms with Gasteiger partial charge in [-0.15, -0.1) is 11.3 Å². The number of amides is 1. The van der Waals surface area contributed by atoms with E-state index in [0.717, 1.165) is 15.8 Å². The number of aromatic amines is 1. The van der Waals surface area contributed by atoms with E-state index in [2.05, 4.69) is 10.3 Å². The van der Waals surface area contributed by atoms with Gasteiger partial charge >= 0.3 is 5.97 Å². The number of hydrogen-bond donors (Lipinski definition) is 3. The molecule has 0 saturated heterocycles. The summed E-state index contributed by atoms with van der Waals surface area (Å²) >= 11 is 13.4. The molecule has 0 fully saturated rings. The van der Waals surface area contributed by atoms with Crippen molar-refractivity contribution in [2.45, 2.75) is 24.8 Å². The lowest BCUT2D eigenvalue weighted by atomic mass is 9.94. The third-order valence-electron chi connectivity index (χ3n) is 4.71. The minimum atomic E-state index is -0.882. The van der Waals surface area contributed by atoms with Crippen LogP contribution in [0.3, 0.4) is 0 Å². The molecule has 4 rings (SSSR count). The summed E-state index contributed by atoms with van der Waals surface area (Å²) in [7, 11) is 0. The van der Waals surface area contributed by atoms with E-state index in [0.29, 0.717) is 27.0 Å². The molecule has 0 saturated carbocycles. The molecular formula is C18H14Cl2N2O3S. The number of carboxylic acid groups (broad SMARTS) is 1. The molecule has 0 aliphatic heterocycles. The van der Waals surface area contributed by atoms with Crippen LogP contribution in [0.25, 0.3) is 10.2 Å². The molecule has 3 aromatic rings. The van der Waals surface area contributed by atoms with Crippen molar-refractivity contribution in [2.24, 2.45) is 0 Å². The lowest BCUT2D eigenvalue weighted by Crippen LogP contribution is -2.38. The number of carbonyl (C=O) groups is 2. The Morgan fingerprint density at radius 1 is 1.31 bits per heavy atom. The lowest BCUT2D eigenvalue weighted by molar-refractivity contribution is -0.137. The summed E-state index contributed by atoms with van der Waals surface area (Å²) in [6.07, 6.45) is 0.588. The molecule has 5 nitrogen and oxygen atoms in total. The van der Waals surface area contributed by atoms with Crippen LogP contribution in [0.2, 0.25) is 9.36 Å². The van der Waals surface area contributed by atoms with Crippen molar-refractivity contribution in [1.29, 1.82) is 0 Å². The summed E-state index contributed by atoms with van der Waals surface area (Å²) in [6.45, 7) is 0. The first kappa shape index (κ1) is 17.4. The highest BCUT2D eigenvalue weighted by molar-refractivity contribution is 7.23. The molecule has 0 unspecified atom stereocenters. The van der Waals surface area contributed by atoms with Gasteiger partial charge in [0.2, 0.25) is 0 Å². The van der Waals surface area contributed by atoms with Crippen LogP contribution in [0.15, 0.2) is 30.3 Å². The van der Waals surface area contributed by atoms with Crippen LogP contribution in [0.4, 0.5) is 0 Å². The number of carboxylic acids is 1. The van der Waals surface area contributed by atoms with Crippen molar-refractivity contribution in [3.05, 3.63) is 56.5 Å². The minimum Gasteiger partial charge on any atom is -0.481 e. The number of halogens is 2. The molecule has 1 aliphatic carbocycles. The molecule has 0 radical (unpaired) electrons. The number of H-pyrrole nitrogens is 1. The van der Waals surface area contributed by atoms with E-state index in [1.807, 2.05) is 24.3 Å². The molecule has 0 spiro atoms. The van der Waals surface area contributed by atoms with Gasteiger partial charge in [-0.3, -0.25) is 9.59 Å². The van der Waals surface area contributed by atoms with E-state index < -0.39 is 5.97 Å². The van der Waals surface area contributed by atoms with E-state index in [1.54, 1.807) is 6.07 Å². The first-order valence-electron chi connectivity index (χ1n) is 8.01. The van der Waals surface area contributed by atoms with Crippen molar-refractivity contribution in [3.8, 4) is 0 Å². The van der Waals surface area contributed by atoms with Gasteiger partial charge in [0.1, 0.15) is 10.0 Å². The standard InChI is InChI=1S/C18H14Cl2N2O3S/c19-15-16-13(26-17(15)20)7-12(21-16)18(25)22-11-5-8-3-1-2-4-9(8)10(11)6-14(23)24/h1-4,7,10-11,21H,5-6H2,(H,22,25)(H,23,24)/t10-,11-/m0/s1. The second kappa shape index (κ2) is 6.61. The zero-order valence-electron chi connectivity index (χ0n) is 13.4. The Bertz CT molecular complexity index is 1030. The average Bonchev–Trinajstić information content (AvgIpc) is 3.23. The molecule has 2 atom stereocenters. The molecule has 26 heavy (non-hydrogen) atoms. The van der Waals surface area contributed by atoms with E-state index >= 15 is 0 Å². The maximum atomic E-state index is 12.7. The monoisotopic (exact) mass is 408 g/mol. The Labute approximate surface area is 162 Å². The topological polar surface area (TPSA) is 82.2 Å². The second-order valence-electron chi connectivity index (χ2n) is 6.30. The van der Waals surface area contributed by atoms with Gasteiger partial charge in [-0.2, -0.15) is 0 Å². The fourth-order valence-electron chi connectivity index (χ4n) is 3.56. The highest BCUT2D eigenvalue weighted by atomic mass is 35.5. The van der Waals surface area contributed by atoms with Gasteiger partial charge in [-0.1, -0.05) is 47.5 Å². The number of hydrogen-bond acceptors (Lipinski definition) is 3. The second-order valence-corrected chi connectivity index (χ2v) is 8.33. The fraction of sp³-hybridized carbons (Fsp3) is 0.222. The highest BCUT2D eigenvalue weighted by Gasteiger charge is 2.35. The molecule has 1 aliphatic rings. The van der Waals surface area contributed by atoms with Gasteiger partial charge < -0.3 is 15.4 Å². The normalized spacial score (nSPS) is 18.8. The van der Waals surface area contributed by atoms with Crippen molar-refractivity contribution in [2.75, 3.05) is 0 Å². The van der Waals surface area contributed by atoms with Crippen molar-refractivity contribution < 1.29 is 14.7 Å². The van der Waals surface area contributed by atoms with Gasteiger partial charge in [0.15, 0.2) is 0 Å². The first-order chi connectivity index (χ1) is 12.4. The minimum absolute atomic E-state index is 0.0246. The summed E-state index contributed by atoms with van der Waals surface area (Å²) in [5, 5.41) is 12.6. The van der Waals surface area contributed by atoms with Gasteiger partial charge in [-0.25, -0.2) is 0 Å². The van der Waals surface area contributed by atoms with Gasteiger partial charge in [0, 0.05) is 12.0 Å². The molecule has 3 N–H and O–H groups in total. The average molecular weight is 409 g/mol. The van der Waals surface area contributed by atoms with Crippen molar-refractivity contribution in [3.63, 3.8) is 0 Å². The number of carbonyl (C=O) groups excluding carboxylic acids is 1. The quantitative estimate of drug-likeness (QED) is 0.596. The van der Waals surface area contributed by atoms with E-state index in [4.69, 9.17) is 23.2 Å². The maximum Gasteiger partial charge on any atom is 0.304 e. The predicted octanol–water partition coefficient (Wildman–Crippen LogP) is 4.45. The van der Waals surface area contributed by atoms with E-state index in [9.17, 15) is 14.7 Å². The molecule has 134 valence electrons. The van der Waals surface area contributed by atoms with E-state index in [1.165, 1.54) is 11.3 Å². The van der Waals surface area contributed by atoms with Gasteiger partial charge in [0.05, 0.1) is 21.7 Å². The first-order valence-corrected chi connectivity index (χ1v) is 9.58. The van der Waals surface area contributed by atoms with E-state index in [-0.39, 0.29) is 24.3 Å². The number of nitrogens with one attached hydrogen (secondary N) is 2. The van der Waals surface area contributed by atoms with Gasteiger partial charge in [0.25, 0.3) is 5.91 Å². The Balaban J connectivity index is 1.58. The number of fused-ring (bicyclic) bond motifs is 2. The Morgan fingerprint density at radius 2 is 2.08 bits per heavy atom. The predicted molar refractivity (Wildman–Crippen MR) is 103 cm³/mol. The van der Waals surface area contributed by atoms with Crippen molar-refractivity contribution >= 4 is 56.6 Å². The summed E-state index contributed by atoms with van der Waals surface area (Å²) in [6, 6.07) is 9.16. The molecule has 8 heteroatoms. The van der Waals surface area contributed by atoms with Crippen molar-refractivity contribution in [1.82, 2.24) is 10.3 Å². The molecule has 1 aromatic carbocycles. The third-order valence-corrected chi connectivity index (χ3v) is 6.64. The van der Waals surface area contributed by atoms with Crippen LogP contribution in [0.1, 0.15) is 34.0 Å². The van der Waals surface area contributed by atoms with Gasteiger partial charge in [-0.05, 0) is 23.6 Å². The molecule has 2 aromatic heterocycles. The number of aliphatic carboxylic acids is 1. The third kappa shape index (κ3) is 2.98. The summed E-state index contributed by atoms with van der Waals surface area (Å²) < 4.78 is 1.29. The number of aromatic nitrogens is 1. The Morgan fingerprint density at radius 3 is 2.81 bits per heavy atom. The number of rotatable bonds is 4. The molecule has 2 heterocycles. The molecule has 1 amide bonds. The maximum absolute atomic E-state index is 12.7. The number of thiophene rings is 1. The van der Waals surface area contributed by atoms with Crippen LogP contribution in [-0.2, 0) is 11.2 Å². The van der Waals surface area contributed by atoms with Crippen LogP contribution in [-0.4, -0.2) is 28.0 Å². The molecule has 0 bridgehead atoms. The zero-order chi connectivity index (χ0) is 18.4. The largest absolute Gasteiger partial charge is 0.481 e. The summed E-state index contributed by atoms with van der Waals surface area (Å²) in [4.78, 5) is 27.0.